The van der Waals surface area contributed by atoms with Crippen molar-refractivity contribution in [3.8, 4) is 0 Å². The third kappa shape index (κ3) is 6.52. The average Bonchev–Trinajstić information content (AvgIpc) is 3.38. The van der Waals surface area contributed by atoms with E-state index in [1.54, 1.807) is 18.5 Å². The first-order valence-corrected chi connectivity index (χ1v) is 15.4. The minimum atomic E-state index is -4.61. The molecule has 0 bridgehead atoms. The highest BCUT2D eigenvalue weighted by atomic mass is 32.2. The number of H-pyrrole nitrogens is 1. The first kappa shape index (κ1) is 29.8. The van der Waals surface area contributed by atoms with Gasteiger partial charge in [0, 0.05) is 29.7 Å². The molecule has 2 aromatic heterocycles. The van der Waals surface area contributed by atoms with Gasteiger partial charge in [-0.05, 0) is 73.7 Å². The largest absolute Gasteiger partial charge is 0.416 e. The highest BCUT2D eigenvalue weighted by Gasteiger charge is 2.41. The zero-order chi connectivity index (χ0) is 30.0. The molecule has 2 atom stereocenters. The summed E-state index contributed by atoms with van der Waals surface area (Å²) in [6.45, 7) is 1.50. The molecule has 11 heteroatoms. The molecule has 4 aromatic rings. The molecule has 222 valence electrons. The van der Waals surface area contributed by atoms with Gasteiger partial charge in [-0.1, -0.05) is 43.5 Å². The van der Waals surface area contributed by atoms with E-state index in [9.17, 15) is 26.4 Å². The highest BCUT2D eigenvalue weighted by molar-refractivity contribution is 7.89. The Morgan fingerprint density at radius 2 is 1.69 bits per heavy atom. The van der Waals surface area contributed by atoms with Crippen molar-refractivity contribution in [1.82, 2.24) is 20.0 Å². The summed E-state index contributed by atoms with van der Waals surface area (Å²) in [5.41, 5.74) is -0.433. The summed E-state index contributed by atoms with van der Waals surface area (Å²) in [5.74, 6) is -0.425. The number of hydrogen-bond donors (Lipinski definition) is 3. The average molecular weight is 599 g/mol. The normalized spacial score (nSPS) is 17.0. The second-order valence-electron chi connectivity index (χ2n) is 11.1. The van der Waals surface area contributed by atoms with Crippen molar-refractivity contribution in [3.05, 3.63) is 95.9 Å². The number of aromatic nitrogens is 2. The van der Waals surface area contributed by atoms with Crippen LogP contribution in [0.1, 0.15) is 61.9 Å². The lowest BCUT2D eigenvalue weighted by Gasteiger charge is -2.35. The van der Waals surface area contributed by atoms with Crippen LogP contribution < -0.4 is 10.0 Å². The van der Waals surface area contributed by atoms with E-state index >= 15 is 0 Å². The molecule has 0 saturated heterocycles. The number of benzene rings is 2. The summed E-state index contributed by atoms with van der Waals surface area (Å²) < 4.78 is 69.1. The summed E-state index contributed by atoms with van der Waals surface area (Å²) >= 11 is 0. The van der Waals surface area contributed by atoms with Crippen LogP contribution in [0, 0.1) is 5.92 Å². The number of nitrogens with one attached hydrogen (secondary N) is 3. The van der Waals surface area contributed by atoms with E-state index in [0.717, 1.165) is 55.1 Å². The summed E-state index contributed by atoms with van der Waals surface area (Å²) in [4.78, 5) is 21.5. The summed E-state index contributed by atoms with van der Waals surface area (Å²) in [6.07, 6.45) is 3.74. The number of amides is 1. The number of aromatic amines is 1. The number of para-hydroxylation sites is 1. The topological polar surface area (TPSA) is 104 Å². The first-order valence-electron chi connectivity index (χ1n) is 13.9. The number of hydrogen-bond acceptors (Lipinski definition) is 4. The van der Waals surface area contributed by atoms with E-state index in [0.29, 0.717) is 23.4 Å². The molecule has 42 heavy (non-hydrogen) atoms. The molecule has 2 heterocycles. The molecule has 5 rings (SSSR count). The Morgan fingerprint density at radius 1 is 1.00 bits per heavy atom. The van der Waals surface area contributed by atoms with Crippen molar-refractivity contribution in [2.75, 3.05) is 0 Å². The molecule has 2 unspecified atom stereocenters. The van der Waals surface area contributed by atoms with E-state index in [-0.39, 0.29) is 17.2 Å². The molecule has 1 fully saturated rings. The molecule has 3 N–H and O–H groups in total. The van der Waals surface area contributed by atoms with Gasteiger partial charge < -0.3 is 10.3 Å². The standard InChI is InChI=1S/C31H33F3N4O3S/c1-30(19-22-20-36-26-12-6-5-11-25(22)26,38-42(40,41)24-16-14-23(15-17-24)31(32,33)34)29(39)37-28(21-9-3-2-4-10-21)27-13-7-8-18-35-27/h5-8,11-18,20-21,28,36,38H,2-4,9-10,19H2,1H3,(H,37,39). The van der Waals surface area contributed by atoms with E-state index in [4.69, 9.17) is 0 Å². The number of alkyl halides is 3. The molecule has 2 aromatic carbocycles. The van der Waals surface area contributed by atoms with Crippen LogP contribution in [0.3, 0.4) is 0 Å². The van der Waals surface area contributed by atoms with Gasteiger partial charge in [-0.2, -0.15) is 17.9 Å². The van der Waals surface area contributed by atoms with Crippen LogP contribution >= 0.6 is 0 Å². The fraction of sp³-hybridized carbons (Fsp3) is 0.355. The van der Waals surface area contributed by atoms with Gasteiger partial charge in [0.05, 0.1) is 22.2 Å². The van der Waals surface area contributed by atoms with Gasteiger partial charge in [-0.3, -0.25) is 9.78 Å². The van der Waals surface area contributed by atoms with Gasteiger partial charge in [0.15, 0.2) is 0 Å². The van der Waals surface area contributed by atoms with Crippen molar-refractivity contribution >= 4 is 26.8 Å². The Bertz CT molecular complexity index is 1630. The van der Waals surface area contributed by atoms with Crippen LogP contribution in [0.2, 0.25) is 0 Å². The summed E-state index contributed by atoms with van der Waals surface area (Å²) in [5, 5.41) is 3.95. The van der Waals surface area contributed by atoms with Crippen LogP contribution in [-0.4, -0.2) is 29.8 Å². The van der Waals surface area contributed by atoms with Crippen LogP contribution in [0.25, 0.3) is 10.9 Å². The molecule has 0 radical (unpaired) electrons. The lowest BCUT2D eigenvalue weighted by atomic mass is 9.82. The Hall–Kier alpha value is -3.70. The smallest absolute Gasteiger partial charge is 0.361 e. The van der Waals surface area contributed by atoms with Gasteiger partial charge in [0.1, 0.15) is 5.54 Å². The number of pyridine rings is 1. The highest BCUT2D eigenvalue weighted by Crippen LogP contribution is 2.35. The molecular formula is C31H33F3N4O3S. The lowest BCUT2D eigenvalue weighted by Crippen LogP contribution is -2.59. The molecule has 1 saturated carbocycles. The van der Waals surface area contributed by atoms with Crippen LogP contribution in [-0.2, 0) is 27.4 Å². The van der Waals surface area contributed by atoms with Crippen LogP contribution in [0.5, 0.6) is 0 Å². The maximum Gasteiger partial charge on any atom is 0.416 e. The van der Waals surface area contributed by atoms with Gasteiger partial charge >= 0.3 is 6.18 Å². The van der Waals surface area contributed by atoms with Crippen molar-refractivity contribution in [1.29, 1.82) is 0 Å². The predicted molar refractivity (Wildman–Crippen MR) is 154 cm³/mol. The molecule has 0 spiro atoms. The van der Waals surface area contributed by atoms with Crippen molar-refractivity contribution in [2.24, 2.45) is 5.92 Å². The predicted octanol–water partition coefficient (Wildman–Crippen LogP) is 6.30. The Morgan fingerprint density at radius 3 is 2.36 bits per heavy atom. The molecule has 1 amide bonds. The van der Waals surface area contributed by atoms with Gasteiger partial charge in [-0.15, -0.1) is 0 Å². The van der Waals surface area contributed by atoms with Gasteiger partial charge in [0.25, 0.3) is 0 Å². The lowest BCUT2D eigenvalue weighted by molar-refractivity contribution is -0.137. The summed E-state index contributed by atoms with van der Waals surface area (Å²) in [7, 11) is -4.41. The zero-order valence-corrected chi connectivity index (χ0v) is 23.9. The maximum absolute atomic E-state index is 14.2. The van der Waals surface area contributed by atoms with Crippen molar-refractivity contribution < 1.29 is 26.4 Å². The first-order chi connectivity index (χ1) is 20.0. The second kappa shape index (κ2) is 11.9. The van der Waals surface area contributed by atoms with Crippen LogP contribution in [0.15, 0.2) is 84.0 Å². The molecule has 0 aliphatic heterocycles. The van der Waals surface area contributed by atoms with Crippen LogP contribution in [0.4, 0.5) is 13.2 Å². The third-order valence-electron chi connectivity index (χ3n) is 7.99. The van der Waals surface area contributed by atoms with E-state index in [2.05, 4.69) is 20.0 Å². The van der Waals surface area contributed by atoms with Crippen molar-refractivity contribution in [3.63, 3.8) is 0 Å². The fourth-order valence-electron chi connectivity index (χ4n) is 5.76. The molecule has 1 aliphatic carbocycles. The number of sulfonamides is 1. The second-order valence-corrected chi connectivity index (χ2v) is 12.8. The Balaban J connectivity index is 1.51. The number of nitrogens with zero attached hydrogens (tertiary/aromatic N) is 1. The molecular weight excluding hydrogens is 565 g/mol. The Kier molecular flexibility index (Phi) is 8.43. The quantitative estimate of drug-likeness (QED) is 0.210. The molecule has 1 aliphatic rings. The number of rotatable bonds is 9. The van der Waals surface area contributed by atoms with E-state index in [1.807, 2.05) is 36.4 Å². The monoisotopic (exact) mass is 598 g/mol. The minimum Gasteiger partial charge on any atom is -0.361 e. The number of halogens is 3. The Labute approximate surface area is 243 Å². The third-order valence-corrected chi connectivity index (χ3v) is 9.60. The minimum absolute atomic E-state index is 0.0116. The number of carbonyl (C=O) groups is 1. The zero-order valence-electron chi connectivity index (χ0n) is 23.1. The SMILES string of the molecule is CC(Cc1c[nH]c2ccccc12)(NS(=O)(=O)c1ccc(C(F)(F)F)cc1)C(=O)NC(c1ccccn1)C1CCCCC1. The number of fused-ring (bicyclic) bond motifs is 1. The van der Waals surface area contributed by atoms with E-state index in [1.165, 1.54) is 6.92 Å². The van der Waals surface area contributed by atoms with Gasteiger partial charge in [-0.25, -0.2) is 8.42 Å². The number of carbonyl (C=O) groups excluding carboxylic acids is 1. The molecule has 7 nitrogen and oxygen atoms in total. The van der Waals surface area contributed by atoms with Gasteiger partial charge in [0.2, 0.25) is 15.9 Å². The maximum atomic E-state index is 14.2. The fourth-order valence-corrected chi connectivity index (χ4v) is 7.13. The van der Waals surface area contributed by atoms with Crippen molar-refractivity contribution in [2.45, 2.75) is 68.1 Å². The van der Waals surface area contributed by atoms with E-state index < -0.39 is 39.3 Å². The summed E-state index contributed by atoms with van der Waals surface area (Å²) in [6, 6.07) is 15.8.